The molecule has 2 aromatic rings. The fourth-order valence-corrected chi connectivity index (χ4v) is 5.35. The summed E-state index contributed by atoms with van der Waals surface area (Å²) in [5, 5.41) is 8.43. The molecule has 2 atom stereocenters. The number of hydrogen-bond donors (Lipinski definition) is 3. The topological polar surface area (TPSA) is 108 Å². The van der Waals surface area contributed by atoms with Gasteiger partial charge in [-0.25, -0.2) is 4.98 Å². The highest BCUT2D eigenvalue weighted by molar-refractivity contribution is 8.00. The molecule has 1 fully saturated rings. The second-order valence-corrected chi connectivity index (χ2v) is 8.58. The van der Waals surface area contributed by atoms with Gasteiger partial charge in [0.05, 0.1) is 5.75 Å². The summed E-state index contributed by atoms with van der Waals surface area (Å²) in [5.41, 5.74) is 0.773. The Morgan fingerprint density at radius 2 is 2.14 bits per heavy atom. The van der Waals surface area contributed by atoms with Crippen molar-refractivity contribution in [2.45, 2.75) is 16.3 Å². The first kappa shape index (κ1) is 19.1. The van der Waals surface area contributed by atoms with Gasteiger partial charge in [0, 0.05) is 16.2 Å². The van der Waals surface area contributed by atoms with Crippen molar-refractivity contribution in [2.24, 2.45) is 0 Å². The summed E-state index contributed by atoms with van der Waals surface area (Å²) in [6.45, 7) is 0. The summed E-state index contributed by atoms with van der Waals surface area (Å²) in [7, 11) is 0. The zero-order valence-corrected chi connectivity index (χ0v) is 16.9. The van der Waals surface area contributed by atoms with E-state index in [1.165, 1.54) is 34.8 Å². The highest BCUT2D eigenvalue weighted by atomic mass is 32.2. The van der Waals surface area contributed by atoms with Crippen molar-refractivity contribution in [1.29, 1.82) is 0 Å². The van der Waals surface area contributed by atoms with Gasteiger partial charge in [-0.3, -0.25) is 24.4 Å². The van der Waals surface area contributed by atoms with E-state index in [2.05, 4.69) is 33.1 Å². The van der Waals surface area contributed by atoms with E-state index in [1.807, 2.05) is 30.3 Å². The maximum atomic E-state index is 12.7. The Labute approximate surface area is 174 Å². The number of H-pyrrole nitrogens is 1. The molecule has 3 heterocycles. The molecule has 0 spiro atoms. The van der Waals surface area contributed by atoms with Gasteiger partial charge >= 0.3 is 0 Å². The largest absolute Gasteiger partial charge is 0.341 e. The molecule has 0 bridgehead atoms. The summed E-state index contributed by atoms with van der Waals surface area (Å²) in [6, 6.07) is 8.90. The number of hydrogen-bond acceptors (Lipinski definition) is 7. The zero-order chi connectivity index (χ0) is 19.7. The van der Waals surface area contributed by atoms with Crippen molar-refractivity contribution < 1.29 is 14.4 Å². The average molecular weight is 434 g/mol. The molecule has 0 saturated carbocycles. The van der Waals surface area contributed by atoms with Crippen LogP contribution in [0.25, 0.3) is 5.57 Å². The number of benzene rings is 1. The van der Waals surface area contributed by atoms with E-state index < -0.39 is 11.2 Å². The van der Waals surface area contributed by atoms with Crippen molar-refractivity contribution in [3.05, 3.63) is 48.2 Å². The third-order valence-corrected chi connectivity index (χ3v) is 6.81. The van der Waals surface area contributed by atoms with Crippen molar-refractivity contribution in [3.63, 3.8) is 0 Å². The molecule has 144 valence electrons. The summed E-state index contributed by atoms with van der Waals surface area (Å²) in [6.07, 6.45) is 1.34. The Morgan fingerprint density at radius 1 is 1.36 bits per heavy atom. The molecular weight excluding hydrogens is 418 g/mol. The minimum absolute atomic E-state index is 0.193. The van der Waals surface area contributed by atoms with E-state index in [0.29, 0.717) is 17.2 Å². The molecule has 0 aliphatic carbocycles. The van der Waals surface area contributed by atoms with Gasteiger partial charge in [-0.2, -0.15) is 5.10 Å². The van der Waals surface area contributed by atoms with Gasteiger partial charge in [0.1, 0.15) is 23.4 Å². The number of β-lactam (4-membered cyclic amide) rings is 1. The quantitative estimate of drug-likeness (QED) is 0.356. The standard InChI is InChI=1S/C17H15N5O3S3/c23-11(7-27-9-4-2-1-3-5-9)20-12-15(24)22-13(17(25)26)10(6-28-16(12)22)14-18-8-19-21-14/h1-5,8,12,16H,6-7H2,(H,20,23)(H,25,26)(H,18,19,21)/t12-,16-/m1/s1. The number of aromatic amines is 1. The van der Waals surface area contributed by atoms with Crippen LogP contribution in [0.15, 0.2) is 47.3 Å². The van der Waals surface area contributed by atoms with Crippen LogP contribution in [0.5, 0.6) is 0 Å². The minimum Gasteiger partial charge on any atom is -0.341 e. The molecule has 0 radical (unpaired) electrons. The van der Waals surface area contributed by atoms with Crippen LogP contribution in [-0.4, -0.2) is 59.9 Å². The number of carbonyl (C=O) groups excluding carboxylic acids is 3. The number of carbonyl (C=O) groups is 3. The first-order valence-corrected chi connectivity index (χ1v) is 10.8. The number of fused-ring (bicyclic) bond motifs is 1. The minimum atomic E-state index is -0.659. The molecule has 1 aromatic heterocycles. The Kier molecular flexibility index (Phi) is 5.47. The Bertz CT molecular complexity index is 948. The van der Waals surface area contributed by atoms with Gasteiger partial charge in [-0.15, -0.1) is 23.5 Å². The van der Waals surface area contributed by atoms with Gasteiger partial charge in [-0.05, 0) is 12.1 Å². The van der Waals surface area contributed by atoms with Crippen LogP contribution >= 0.6 is 36.2 Å². The van der Waals surface area contributed by atoms with Crippen LogP contribution in [-0.2, 0) is 14.4 Å². The lowest BCUT2D eigenvalue weighted by Crippen LogP contribution is -2.70. The first-order valence-electron chi connectivity index (χ1n) is 8.30. The van der Waals surface area contributed by atoms with Crippen molar-refractivity contribution >= 4 is 58.7 Å². The third-order valence-electron chi connectivity index (χ3n) is 4.30. The maximum Gasteiger partial charge on any atom is 0.253 e. The molecule has 1 aromatic carbocycles. The van der Waals surface area contributed by atoms with Gasteiger partial charge in [0.15, 0.2) is 5.82 Å². The molecule has 8 nitrogen and oxygen atoms in total. The lowest BCUT2D eigenvalue weighted by molar-refractivity contribution is -0.146. The summed E-state index contributed by atoms with van der Waals surface area (Å²) < 4.78 is 0. The van der Waals surface area contributed by atoms with Crippen molar-refractivity contribution in [1.82, 2.24) is 25.4 Å². The maximum absolute atomic E-state index is 12.7. The third kappa shape index (κ3) is 3.56. The number of amides is 2. The van der Waals surface area contributed by atoms with Crippen LogP contribution in [0.1, 0.15) is 5.82 Å². The Morgan fingerprint density at radius 3 is 2.82 bits per heavy atom. The van der Waals surface area contributed by atoms with Crippen LogP contribution < -0.4 is 5.32 Å². The number of nitrogens with one attached hydrogen (secondary N) is 2. The molecular formula is C17H15N5O3S3. The second kappa shape index (κ2) is 8.02. The Balaban J connectivity index is 1.44. The molecule has 0 unspecified atom stereocenters. The fraction of sp³-hybridized carbons (Fsp3) is 0.235. The molecule has 11 heteroatoms. The van der Waals surface area contributed by atoms with E-state index in [9.17, 15) is 14.4 Å². The highest BCUT2D eigenvalue weighted by Gasteiger charge is 2.54. The zero-order valence-electron chi connectivity index (χ0n) is 14.4. The molecule has 4 rings (SSSR count). The number of nitrogens with zero attached hydrogens (tertiary/aromatic N) is 3. The summed E-state index contributed by atoms with van der Waals surface area (Å²) in [4.78, 5) is 43.4. The molecule has 2 aliphatic heterocycles. The van der Waals surface area contributed by atoms with E-state index in [4.69, 9.17) is 0 Å². The van der Waals surface area contributed by atoms with Crippen molar-refractivity contribution in [2.75, 3.05) is 11.5 Å². The van der Waals surface area contributed by atoms with Gasteiger partial charge in [0.25, 0.3) is 5.91 Å². The monoisotopic (exact) mass is 433 g/mol. The molecule has 28 heavy (non-hydrogen) atoms. The van der Waals surface area contributed by atoms with Gasteiger partial charge in [0.2, 0.25) is 11.0 Å². The van der Waals surface area contributed by atoms with Gasteiger partial charge in [-0.1, -0.05) is 30.8 Å². The predicted octanol–water partition coefficient (Wildman–Crippen LogP) is 1.16. The fourth-order valence-electron chi connectivity index (χ4n) is 3.03. The summed E-state index contributed by atoms with van der Waals surface area (Å²) in [5.74, 6) is 0.544. The van der Waals surface area contributed by atoms with Crippen LogP contribution in [0.2, 0.25) is 0 Å². The second-order valence-electron chi connectivity index (χ2n) is 6.02. The van der Waals surface area contributed by atoms with Crippen LogP contribution in [0.4, 0.5) is 0 Å². The number of thioether (sulfide) groups is 2. The average Bonchev–Trinajstić information content (AvgIpc) is 3.24. The predicted molar refractivity (Wildman–Crippen MR) is 109 cm³/mol. The number of thiol groups is 1. The van der Waals surface area contributed by atoms with E-state index in [0.717, 1.165) is 4.90 Å². The van der Waals surface area contributed by atoms with Crippen LogP contribution in [0.3, 0.4) is 0 Å². The van der Waals surface area contributed by atoms with E-state index >= 15 is 0 Å². The molecule has 2 N–H and O–H groups in total. The SMILES string of the molecule is O=C(CSc1ccccc1)N[C@@H]1C(=O)N2C(C(=O)S)=C(c3ncn[nH]3)CS[C@H]12. The number of rotatable bonds is 6. The highest BCUT2D eigenvalue weighted by Crippen LogP contribution is 2.43. The molecule has 2 amide bonds. The molecule has 2 aliphatic rings. The normalized spacial score (nSPS) is 21.2. The van der Waals surface area contributed by atoms with Crippen LogP contribution in [0, 0.1) is 0 Å². The molecule has 1 saturated heterocycles. The lowest BCUT2D eigenvalue weighted by atomic mass is 10.0. The van der Waals surface area contributed by atoms with E-state index in [-0.39, 0.29) is 28.6 Å². The van der Waals surface area contributed by atoms with Gasteiger partial charge < -0.3 is 5.32 Å². The van der Waals surface area contributed by atoms with E-state index in [1.54, 1.807) is 0 Å². The summed E-state index contributed by atoms with van der Waals surface area (Å²) >= 11 is 6.79. The number of aromatic nitrogens is 3. The van der Waals surface area contributed by atoms with Crippen molar-refractivity contribution in [3.8, 4) is 0 Å². The first-order chi connectivity index (χ1) is 13.6. The lowest BCUT2D eigenvalue weighted by Gasteiger charge is -2.49. The smallest absolute Gasteiger partial charge is 0.253 e. The Hall–Kier alpha value is -2.24.